The molecule has 9 heteroatoms. The van der Waals surface area contributed by atoms with Crippen molar-refractivity contribution in [3.05, 3.63) is 53.3 Å². The minimum Gasteiger partial charge on any atom is -0.496 e. The zero-order valence-corrected chi connectivity index (χ0v) is 19.3. The van der Waals surface area contributed by atoms with E-state index in [9.17, 15) is 0 Å². The zero-order valence-electron chi connectivity index (χ0n) is 18.4. The molecule has 0 saturated carbocycles. The highest BCUT2D eigenvalue weighted by Gasteiger charge is 2.18. The van der Waals surface area contributed by atoms with Crippen LogP contribution in [0.15, 0.2) is 46.3 Å². The number of hydrogen-bond donors (Lipinski definition) is 0. The fourth-order valence-electron chi connectivity index (χ4n) is 4.11. The van der Waals surface area contributed by atoms with Crippen LogP contribution in [-0.2, 0) is 6.61 Å². The molecule has 1 saturated heterocycles. The van der Waals surface area contributed by atoms with Gasteiger partial charge in [0.25, 0.3) is 0 Å². The van der Waals surface area contributed by atoms with Crippen LogP contribution in [0.25, 0.3) is 28.1 Å². The number of ether oxygens (including phenoxy) is 2. The lowest BCUT2D eigenvalue weighted by molar-refractivity contribution is 0.303. The second-order valence-corrected chi connectivity index (χ2v) is 8.99. The molecule has 0 atom stereocenters. The Morgan fingerprint density at radius 3 is 2.85 bits per heavy atom. The number of benzene rings is 1. The third-order valence-electron chi connectivity index (χ3n) is 5.81. The van der Waals surface area contributed by atoms with Crippen LogP contribution in [0.2, 0.25) is 0 Å². The Labute approximate surface area is 194 Å². The van der Waals surface area contributed by atoms with E-state index in [1.165, 1.54) is 12.8 Å². The highest BCUT2D eigenvalue weighted by Crippen LogP contribution is 2.37. The molecule has 5 aromatic rings. The third-order valence-corrected chi connectivity index (χ3v) is 6.76. The van der Waals surface area contributed by atoms with Crippen LogP contribution < -0.4 is 14.4 Å². The molecular formula is C24H23N5O3S. The van der Waals surface area contributed by atoms with E-state index in [0.717, 1.165) is 40.6 Å². The minimum absolute atomic E-state index is 0.380. The lowest BCUT2D eigenvalue weighted by Crippen LogP contribution is -2.17. The largest absolute Gasteiger partial charge is 0.496 e. The molecular weight excluding hydrogens is 438 g/mol. The van der Waals surface area contributed by atoms with Gasteiger partial charge in [-0.3, -0.25) is 0 Å². The number of aromatic nitrogens is 4. The second kappa shape index (κ2) is 8.08. The number of hydrogen-bond acceptors (Lipinski definition) is 8. The fraction of sp³-hybridized carbons (Fsp3) is 0.292. The molecule has 1 aliphatic rings. The Balaban J connectivity index is 1.31. The third kappa shape index (κ3) is 3.78. The van der Waals surface area contributed by atoms with Gasteiger partial charge in [-0.25, -0.2) is 14.5 Å². The Hall–Kier alpha value is -3.59. The summed E-state index contributed by atoms with van der Waals surface area (Å²) >= 11 is 1.67. The number of furan rings is 1. The predicted molar refractivity (Wildman–Crippen MR) is 127 cm³/mol. The molecule has 0 unspecified atom stereocenters. The standard InChI is InChI=1S/C24H23N5O3S/c1-15-5-6-23-26-19(12-29(23)27-15)22-11-18-20(9-17(30-2)10-21(18)32-22)31-13-16-14-33-24(25-16)28-7-3-4-8-28/h5-6,9-12,14H,3-4,7-8,13H2,1-2H3. The molecule has 4 aromatic heterocycles. The second-order valence-electron chi connectivity index (χ2n) is 8.16. The quantitative estimate of drug-likeness (QED) is 0.348. The molecule has 33 heavy (non-hydrogen) atoms. The topological polar surface area (TPSA) is 77.9 Å². The van der Waals surface area contributed by atoms with E-state index in [0.29, 0.717) is 35.1 Å². The summed E-state index contributed by atoms with van der Waals surface area (Å²) in [7, 11) is 1.63. The summed E-state index contributed by atoms with van der Waals surface area (Å²) in [6.07, 6.45) is 4.34. The minimum atomic E-state index is 0.380. The first-order valence-electron chi connectivity index (χ1n) is 10.9. The molecule has 1 fully saturated rings. The van der Waals surface area contributed by atoms with Gasteiger partial charge >= 0.3 is 0 Å². The molecule has 168 valence electrons. The predicted octanol–water partition coefficient (Wildman–Crippen LogP) is 5.10. The van der Waals surface area contributed by atoms with Gasteiger partial charge in [-0.15, -0.1) is 11.3 Å². The summed E-state index contributed by atoms with van der Waals surface area (Å²) in [5.41, 5.74) is 4.00. The monoisotopic (exact) mass is 461 g/mol. The van der Waals surface area contributed by atoms with Gasteiger partial charge in [0.15, 0.2) is 16.5 Å². The van der Waals surface area contributed by atoms with Crippen molar-refractivity contribution >= 4 is 33.1 Å². The molecule has 6 rings (SSSR count). The van der Waals surface area contributed by atoms with Crippen molar-refractivity contribution in [2.45, 2.75) is 26.4 Å². The summed E-state index contributed by atoms with van der Waals surface area (Å²) in [6, 6.07) is 9.57. The summed E-state index contributed by atoms with van der Waals surface area (Å²) in [5.74, 6) is 2.01. The molecule has 0 N–H and O–H groups in total. The van der Waals surface area contributed by atoms with Crippen molar-refractivity contribution in [1.82, 2.24) is 19.6 Å². The number of thiazole rings is 1. The first-order chi connectivity index (χ1) is 16.2. The van der Waals surface area contributed by atoms with E-state index < -0.39 is 0 Å². The van der Waals surface area contributed by atoms with E-state index in [1.807, 2.05) is 43.5 Å². The lowest BCUT2D eigenvalue weighted by Gasteiger charge is -2.12. The summed E-state index contributed by atoms with van der Waals surface area (Å²) in [6.45, 7) is 4.50. The Morgan fingerprint density at radius 2 is 2.00 bits per heavy atom. The maximum Gasteiger partial charge on any atom is 0.185 e. The van der Waals surface area contributed by atoms with Crippen LogP contribution in [0.4, 0.5) is 5.13 Å². The van der Waals surface area contributed by atoms with Gasteiger partial charge in [-0.1, -0.05) is 0 Å². The normalized spacial score (nSPS) is 13.9. The zero-order chi connectivity index (χ0) is 22.4. The Kier molecular flexibility index (Phi) is 4.91. The summed E-state index contributed by atoms with van der Waals surface area (Å²) in [4.78, 5) is 11.7. The van der Waals surface area contributed by atoms with E-state index in [-0.39, 0.29) is 0 Å². The summed E-state index contributed by atoms with van der Waals surface area (Å²) < 4.78 is 19.6. The van der Waals surface area contributed by atoms with Crippen molar-refractivity contribution < 1.29 is 13.9 Å². The van der Waals surface area contributed by atoms with E-state index >= 15 is 0 Å². The average Bonchev–Trinajstić information content (AvgIpc) is 3.61. The average molecular weight is 462 g/mol. The first kappa shape index (κ1) is 20.0. The van der Waals surface area contributed by atoms with Gasteiger partial charge in [-0.2, -0.15) is 5.10 Å². The molecule has 0 bridgehead atoms. The highest BCUT2D eigenvalue weighted by molar-refractivity contribution is 7.13. The van der Waals surface area contributed by atoms with E-state index in [1.54, 1.807) is 23.0 Å². The molecule has 8 nitrogen and oxygen atoms in total. The van der Waals surface area contributed by atoms with Gasteiger partial charge < -0.3 is 18.8 Å². The smallest absolute Gasteiger partial charge is 0.185 e. The molecule has 1 aliphatic heterocycles. The van der Waals surface area contributed by atoms with Crippen molar-refractivity contribution in [2.75, 3.05) is 25.1 Å². The molecule has 1 aromatic carbocycles. The van der Waals surface area contributed by atoms with Crippen LogP contribution in [0.5, 0.6) is 11.5 Å². The van der Waals surface area contributed by atoms with Crippen molar-refractivity contribution in [3.8, 4) is 23.0 Å². The van der Waals surface area contributed by atoms with Gasteiger partial charge in [0, 0.05) is 30.6 Å². The Bertz CT molecular complexity index is 1450. The van der Waals surface area contributed by atoms with Crippen LogP contribution >= 0.6 is 11.3 Å². The van der Waals surface area contributed by atoms with E-state index in [2.05, 4.69) is 20.4 Å². The maximum atomic E-state index is 6.20. The van der Waals surface area contributed by atoms with Crippen LogP contribution in [-0.4, -0.2) is 39.8 Å². The molecule has 5 heterocycles. The number of fused-ring (bicyclic) bond motifs is 2. The van der Waals surface area contributed by atoms with Gasteiger partial charge in [0.2, 0.25) is 0 Å². The molecule has 0 amide bonds. The SMILES string of the molecule is COc1cc(OCc2csc(N3CCCC3)n2)c2cc(-c3cn4nc(C)ccc4n3)oc2c1. The molecule has 0 aliphatic carbocycles. The first-order valence-corrected chi connectivity index (χ1v) is 11.8. The lowest BCUT2D eigenvalue weighted by atomic mass is 10.2. The molecule has 0 radical (unpaired) electrons. The van der Waals surface area contributed by atoms with Crippen LogP contribution in [0.3, 0.4) is 0 Å². The number of methoxy groups -OCH3 is 1. The number of aryl methyl sites for hydroxylation is 1. The maximum absolute atomic E-state index is 6.20. The van der Waals surface area contributed by atoms with Gasteiger partial charge in [-0.05, 0) is 38.0 Å². The van der Waals surface area contributed by atoms with Gasteiger partial charge in [0.1, 0.15) is 29.4 Å². The van der Waals surface area contributed by atoms with Crippen LogP contribution in [0.1, 0.15) is 24.2 Å². The number of rotatable bonds is 6. The van der Waals surface area contributed by atoms with Gasteiger partial charge in [0.05, 0.1) is 30.1 Å². The molecule has 0 spiro atoms. The summed E-state index contributed by atoms with van der Waals surface area (Å²) in [5, 5.41) is 8.47. The van der Waals surface area contributed by atoms with Crippen molar-refractivity contribution in [1.29, 1.82) is 0 Å². The number of anilines is 1. The fourth-order valence-corrected chi connectivity index (χ4v) is 4.97. The van der Waals surface area contributed by atoms with Crippen molar-refractivity contribution in [3.63, 3.8) is 0 Å². The van der Waals surface area contributed by atoms with Crippen LogP contribution in [0, 0.1) is 6.92 Å². The number of nitrogens with zero attached hydrogens (tertiary/aromatic N) is 5. The Morgan fingerprint density at radius 1 is 1.12 bits per heavy atom. The van der Waals surface area contributed by atoms with E-state index in [4.69, 9.17) is 18.9 Å². The highest BCUT2D eigenvalue weighted by atomic mass is 32.1. The van der Waals surface area contributed by atoms with Crippen molar-refractivity contribution in [2.24, 2.45) is 0 Å². The number of imidazole rings is 1.